The Morgan fingerprint density at radius 3 is 2.65 bits per heavy atom. The molecular weight excluding hydrogens is 252 g/mol. The summed E-state index contributed by atoms with van der Waals surface area (Å²) in [4.78, 5) is 4.47. The smallest absolute Gasteiger partial charge is 0.110 e. The normalized spacial score (nSPS) is 20.6. The van der Waals surface area contributed by atoms with Crippen molar-refractivity contribution in [3.8, 4) is 0 Å². The number of nitrogens with one attached hydrogen (secondary N) is 1. The van der Waals surface area contributed by atoms with E-state index in [0.29, 0.717) is 0 Å². The van der Waals surface area contributed by atoms with Crippen LogP contribution in [0.4, 0.5) is 0 Å². The molecule has 5 heteroatoms. The predicted molar refractivity (Wildman–Crippen MR) is 80.2 cm³/mol. The number of ether oxygens (including phenoxy) is 1. The molecule has 0 aliphatic heterocycles. The van der Waals surface area contributed by atoms with Gasteiger partial charge in [-0.25, -0.2) is 4.98 Å². The van der Waals surface area contributed by atoms with Crippen LogP contribution in [0.1, 0.15) is 51.3 Å². The average molecular weight is 280 g/mol. The lowest BCUT2D eigenvalue weighted by atomic mass is 9.84. The predicted octanol–water partition coefficient (Wildman–Crippen LogP) is 2.02. The van der Waals surface area contributed by atoms with Crippen molar-refractivity contribution in [2.45, 2.75) is 70.1 Å². The Labute approximate surface area is 121 Å². The van der Waals surface area contributed by atoms with E-state index in [1.165, 1.54) is 25.7 Å². The molecule has 1 fully saturated rings. The highest BCUT2D eigenvalue weighted by Crippen LogP contribution is 2.34. The molecule has 0 radical (unpaired) electrons. The first-order chi connectivity index (χ1) is 9.75. The Hall–Kier alpha value is -0.910. The number of hydrogen-bond donors (Lipinski definition) is 2. The van der Waals surface area contributed by atoms with E-state index in [9.17, 15) is 0 Å². The zero-order chi connectivity index (χ0) is 14.4. The third kappa shape index (κ3) is 3.22. The fraction of sp³-hybridized carbons (Fsp3) is 0.800. The molecule has 0 amide bonds. The summed E-state index contributed by atoms with van der Waals surface area (Å²) in [5.41, 5.74) is 2.85. The molecule has 1 aliphatic rings. The van der Waals surface area contributed by atoms with Gasteiger partial charge in [-0.1, -0.05) is 25.7 Å². The molecule has 1 aromatic heterocycles. The van der Waals surface area contributed by atoms with E-state index in [4.69, 9.17) is 10.6 Å². The first-order valence-corrected chi connectivity index (χ1v) is 7.77. The van der Waals surface area contributed by atoms with Gasteiger partial charge in [0.25, 0.3) is 0 Å². The fourth-order valence-corrected chi connectivity index (χ4v) is 3.42. The first kappa shape index (κ1) is 15.5. The van der Waals surface area contributed by atoms with Gasteiger partial charge in [-0.2, -0.15) is 0 Å². The molecule has 1 aromatic rings. The molecule has 5 nitrogen and oxygen atoms in total. The number of rotatable bonds is 6. The topological polar surface area (TPSA) is 65.1 Å². The lowest BCUT2D eigenvalue weighted by Crippen LogP contribution is -2.55. The molecule has 3 N–H and O–H groups in total. The third-order valence-electron chi connectivity index (χ3n) is 4.72. The van der Waals surface area contributed by atoms with Gasteiger partial charge in [-0.05, 0) is 19.8 Å². The number of hydrogen-bond acceptors (Lipinski definition) is 4. The van der Waals surface area contributed by atoms with E-state index in [1.54, 1.807) is 0 Å². The summed E-state index contributed by atoms with van der Waals surface area (Å²) in [6.07, 6.45) is 11.9. The number of hydrazine groups is 1. The maximum absolute atomic E-state index is 5.95. The maximum Gasteiger partial charge on any atom is 0.110 e. The van der Waals surface area contributed by atoms with Gasteiger partial charge in [0.1, 0.15) is 5.82 Å². The molecule has 1 heterocycles. The van der Waals surface area contributed by atoms with Gasteiger partial charge < -0.3 is 9.30 Å². The number of imidazole rings is 1. The van der Waals surface area contributed by atoms with E-state index >= 15 is 0 Å². The van der Waals surface area contributed by atoms with Crippen LogP contribution in [0.5, 0.6) is 0 Å². The Kier molecular flexibility index (Phi) is 5.57. The van der Waals surface area contributed by atoms with Crippen molar-refractivity contribution in [1.29, 1.82) is 0 Å². The van der Waals surface area contributed by atoms with Crippen molar-refractivity contribution in [3.63, 3.8) is 0 Å². The van der Waals surface area contributed by atoms with Crippen molar-refractivity contribution in [1.82, 2.24) is 15.0 Å². The largest absolute Gasteiger partial charge is 0.377 e. The highest BCUT2D eigenvalue weighted by atomic mass is 16.5. The summed E-state index contributed by atoms with van der Waals surface area (Å²) >= 11 is 0. The zero-order valence-electron chi connectivity index (χ0n) is 12.8. The first-order valence-electron chi connectivity index (χ1n) is 7.77. The van der Waals surface area contributed by atoms with Gasteiger partial charge in [0, 0.05) is 32.5 Å². The van der Waals surface area contributed by atoms with Crippen LogP contribution in [0.15, 0.2) is 12.4 Å². The van der Waals surface area contributed by atoms with E-state index in [1.807, 2.05) is 19.5 Å². The van der Waals surface area contributed by atoms with Gasteiger partial charge in [0.15, 0.2) is 0 Å². The van der Waals surface area contributed by atoms with Crippen molar-refractivity contribution in [2.75, 3.05) is 7.11 Å². The number of aryl methyl sites for hydroxylation is 1. The third-order valence-corrected chi connectivity index (χ3v) is 4.72. The Morgan fingerprint density at radius 2 is 2.10 bits per heavy atom. The van der Waals surface area contributed by atoms with Gasteiger partial charge in [0.05, 0.1) is 11.6 Å². The molecule has 20 heavy (non-hydrogen) atoms. The van der Waals surface area contributed by atoms with Crippen LogP contribution in [-0.4, -0.2) is 28.3 Å². The molecule has 1 unspecified atom stereocenters. The minimum Gasteiger partial charge on any atom is -0.377 e. The summed E-state index contributed by atoms with van der Waals surface area (Å²) in [5, 5.41) is 0. The summed E-state index contributed by atoms with van der Waals surface area (Å²) in [6.45, 7) is 3.07. The fourth-order valence-electron chi connectivity index (χ4n) is 3.42. The highest BCUT2D eigenvalue weighted by Gasteiger charge is 2.39. The monoisotopic (exact) mass is 280 g/mol. The number of nitrogens with zero attached hydrogens (tertiary/aromatic N) is 2. The van der Waals surface area contributed by atoms with Crippen LogP contribution >= 0.6 is 0 Å². The molecule has 0 spiro atoms. The Bertz CT molecular complexity index is 396. The molecule has 1 saturated carbocycles. The average Bonchev–Trinajstić information content (AvgIpc) is 2.79. The molecule has 2 rings (SSSR count). The van der Waals surface area contributed by atoms with E-state index in [2.05, 4.69) is 21.9 Å². The van der Waals surface area contributed by atoms with Gasteiger partial charge in [0.2, 0.25) is 0 Å². The quantitative estimate of drug-likeness (QED) is 0.475. The summed E-state index contributed by atoms with van der Waals surface area (Å²) in [6, 6.07) is 0.110. The van der Waals surface area contributed by atoms with Crippen molar-refractivity contribution >= 4 is 0 Å². The van der Waals surface area contributed by atoms with Crippen LogP contribution in [0.25, 0.3) is 0 Å². The minimum atomic E-state index is -0.157. The molecule has 1 aliphatic carbocycles. The van der Waals surface area contributed by atoms with Crippen LogP contribution in [-0.2, 0) is 17.7 Å². The standard InChI is InChI=1S/C15H28N4O/c1-3-19-11-10-17-14(19)12-13(18-16)15(20-2)8-6-4-5-7-9-15/h10-11,13,18H,3-9,12,16H2,1-2H3. The molecular formula is C15H28N4O. The Morgan fingerprint density at radius 1 is 1.40 bits per heavy atom. The van der Waals surface area contributed by atoms with Gasteiger partial charge in [-0.15, -0.1) is 0 Å². The second-order valence-electron chi connectivity index (χ2n) is 5.74. The zero-order valence-corrected chi connectivity index (χ0v) is 12.8. The second-order valence-corrected chi connectivity index (χ2v) is 5.74. The highest BCUT2D eigenvalue weighted by molar-refractivity contribution is 5.02. The molecule has 0 aromatic carbocycles. The molecule has 1 atom stereocenters. The van der Waals surface area contributed by atoms with E-state index in [0.717, 1.165) is 31.6 Å². The lowest BCUT2D eigenvalue weighted by Gasteiger charge is -2.38. The summed E-state index contributed by atoms with van der Waals surface area (Å²) in [5.74, 6) is 6.94. The molecule has 0 saturated heterocycles. The number of nitrogens with two attached hydrogens (primary N) is 1. The molecule has 0 bridgehead atoms. The minimum absolute atomic E-state index is 0.110. The Balaban J connectivity index is 2.16. The molecule has 114 valence electrons. The summed E-state index contributed by atoms with van der Waals surface area (Å²) < 4.78 is 8.13. The van der Waals surface area contributed by atoms with Crippen LogP contribution in [0.2, 0.25) is 0 Å². The van der Waals surface area contributed by atoms with Crippen LogP contribution in [0, 0.1) is 0 Å². The second kappa shape index (κ2) is 7.20. The lowest BCUT2D eigenvalue weighted by molar-refractivity contribution is -0.0533. The van der Waals surface area contributed by atoms with Crippen molar-refractivity contribution in [3.05, 3.63) is 18.2 Å². The van der Waals surface area contributed by atoms with E-state index < -0.39 is 0 Å². The van der Waals surface area contributed by atoms with Crippen LogP contribution < -0.4 is 11.3 Å². The van der Waals surface area contributed by atoms with Crippen molar-refractivity contribution < 1.29 is 4.74 Å². The van der Waals surface area contributed by atoms with Crippen molar-refractivity contribution in [2.24, 2.45) is 5.84 Å². The van der Waals surface area contributed by atoms with Gasteiger partial charge in [-0.3, -0.25) is 11.3 Å². The van der Waals surface area contributed by atoms with Gasteiger partial charge >= 0.3 is 0 Å². The number of methoxy groups -OCH3 is 1. The maximum atomic E-state index is 5.95. The SMILES string of the molecule is CCn1ccnc1CC(NN)C1(OC)CCCCCC1. The van der Waals surface area contributed by atoms with E-state index in [-0.39, 0.29) is 11.6 Å². The number of aromatic nitrogens is 2. The summed E-state index contributed by atoms with van der Waals surface area (Å²) in [7, 11) is 1.82. The van der Waals surface area contributed by atoms with Crippen LogP contribution in [0.3, 0.4) is 0 Å².